The smallest absolute Gasteiger partial charge is 0.372 e. The summed E-state index contributed by atoms with van der Waals surface area (Å²) in [6, 6.07) is 19.3. The van der Waals surface area contributed by atoms with Crippen molar-refractivity contribution in [1.82, 2.24) is 20.1 Å². The molecule has 0 radical (unpaired) electrons. The Kier molecular flexibility index (Phi) is 13.1. The Hall–Kier alpha value is -5.31. The fourth-order valence-electron chi connectivity index (χ4n) is 6.56. The van der Waals surface area contributed by atoms with Crippen molar-refractivity contribution in [2.75, 3.05) is 50.0 Å². The highest BCUT2D eigenvalue weighted by Gasteiger charge is 2.31. The second-order valence-electron chi connectivity index (χ2n) is 13.1. The summed E-state index contributed by atoms with van der Waals surface area (Å²) in [5.74, 6) is -1.28. The van der Waals surface area contributed by atoms with Crippen molar-refractivity contribution in [3.05, 3.63) is 113 Å². The number of amides is 3. The Labute approximate surface area is 312 Å². The van der Waals surface area contributed by atoms with Gasteiger partial charge in [0.15, 0.2) is 6.29 Å². The van der Waals surface area contributed by atoms with Crippen LogP contribution in [0.4, 0.5) is 24.5 Å². The van der Waals surface area contributed by atoms with Gasteiger partial charge in [-0.15, -0.1) is 0 Å². The molecule has 54 heavy (non-hydrogen) atoms. The van der Waals surface area contributed by atoms with Crippen LogP contribution in [0.2, 0.25) is 0 Å². The molecule has 14 heteroatoms. The number of benzene rings is 3. The standard InChI is InChI=1S/C40H45F3N6O5/c1-4-48(5-2)31-14-15-33(32(24-31)34-23-28(16-17-44-34)36(50)45-25-26-9-6-12-30(21-26)40(41,42)43)46-37(51)27-10-7-11-29(22-27)38(52)47(3)19-20-49-18-8-13-35(49)39(53)54/h6-7,9-12,14-17,21-24,35,39,53-54H,4-5,8,13,18-20,25H2,1-3H3,(H,45,50)(H,46,51). The number of likely N-dealkylation sites (tertiary alicyclic amines) is 1. The van der Waals surface area contributed by atoms with Gasteiger partial charge in [0, 0.05) is 73.9 Å². The van der Waals surface area contributed by atoms with Crippen LogP contribution in [0, 0.1) is 0 Å². The number of alkyl halides is 3. The monoisotopic (exact) mass is 746 g/mol. The lowest BCUT2D eigenvalue weighted by atomic mass is 10.0. The summed E-state index contributed by atoms with van der Waals surface area (Å²) in [7, 11) is 1.66. The molecule has 4 aromatic rings. The zero-order valence-electron chi connectivity index (χ0n) is 30.4. The minimum absolute atomic E-state index is 0.122. The number of aliphatic hydroxyl groups is 2. The summed E-state index contributed by atoms with van der Waals surface area (Å²) < 4.78 is 39.6. The Bertz CT molecular complexity index is 1950. The second-order valence-corrected chi connectivity index (χ2v) is 13.1. The number of aromatic nitrogens is 1. The van der Waals surface area contributed by atoms with E-state index in [1.54, 1.807) is 37.4 Å². The lowest BCUT2D eigenvalue weighted by Crippen LogP contribution is -2.43. The van der Waals surface area contributed by atoms with E-state index in [2.05, 4.69) is 20.5 Å². The van der Waals surface area contributed by atoms with Gasteiger partial charge in [-0.1, -0.05) is 18.2 Å². The highest BCUT2D eigenvalue weighted by Crippen LogP contribution is 2.33. The molecule has 1 aliphatic heterocycles. The molecular weight excluding hydrogens is 701 g/mol. The van der Waals surface area contributed by atoms with E-state index in [1.807, 2.05) is 30.9 Å². The van der Waals surface area contributed by atoms with Gasteiger partial charge in [-0.25, -0.2) is 0 Å². The molecule has 1 aliphatic rings. The summed E-state index contributed by atoms with van der Waals surface area (Å²) in [5, 5.41) is 25.0. The van der Waals surface area contributed by atoms with Gasteiger partial charge in [0.1, 0.15) is 0 Å². The van der Waals surface area contributed by atoms with Gasteiger partial charge in [0.2, 0.25) is 0 Å². The second kappa shape index (κ2) is 17.7. The predicted molar refractivity (Wildman–Crippen MR) is 200 cm³/mol. The minimum atomic E-state index is -4.50. The molecule has 2 heterocycles. The van der Waals surface area contributed by atoms with Gasteiger partial charge in [0.25, 0.3) is 17.7 Å². The van der Waals surface area contributed by atoms with Crippen molar-refractivity contribution in [3.63, 3.8) is 0 Å². The highest BCUT2D eigenvalue weighted by atomic mass is 19.4. The van der Waals surface area contributed by atoms with Crippen LogP contribution in [-0.4, -0.2) is 94.8 Å². The van der Waals surface area contributed by atoms with Crippen molar-refractivity contribution < 1.29 is 37.8 Å². The van der Waals surface area contributed by atoms with E-state index in [-0.39, 0.29) is 29.6 Å². The van der Waals surface area contributed by atoms with Crippen molar-refractivity contribution in [1.29, 1.82) is 0 Å². The first kappa shape index (κ1) is 39.9. The van der Waals surface area contributed by atoms with Crippen LogP contribution < -0.4 is 15.5 Å². The molecule has 1 saturated heterocycles. The van der Waals surface area contributed by atoms with Gasteiger partial charge in [0.05, 0.1) is 23.0 Å². The van der Waals surface area contributed by atoms with Crippen LogP contribution in [0.5, 0.6) is 0 Å². The largest absolute Gasteiger partial charge is 0.416 e. The molecule has 5 rings (SSSR count). The Morgan fingerprint density at radius 2 is 1.65 bits per heavy atom. The van der Waals surface area contributed by atoms with Crippen LogP contribution >= 0.6 is 0 Å². The molecule has 0 spiro atoms. The van der Waals surface area contributed by atoms with Crippen LogP contribution in [0.1, 0.15) is 68.9 Å². The number of nitrogens with zero attached hydrogens (tertiary/aromatic N) is 4. The van der Waals surface area contributed by atoms with Crippen LogP contribution in [0.25, 0.3) is 11.3 Å². The van der Waals surface area contributed by atoms with Gasteiger partial charge in [-0.3, -0.25) is 24.3 Å². The maximum atomic E-state index is 13.7. The summed E-state index contributed by atoms with van der Waals surface area (Å²) in [6.45, 7) is 6.88. The number of carbonyl (C=O) groups is 3. The summed E-state index contributed by atoms with van der Waals surface area (Å²) in [5.41, 5.74) is 2.44. The first-order valence-corrected chi connectivity index (χ1v) is 17.9. The zero-order valence-corrected chi connectivity index (χ0v) is 30.4. The minimum Gasteiger partial charge on any atom is -0.372 e. The zero-order chi connectivity index (χ0) is 39.0. The summed E-state index contributed by atoms with van der Waals surface area (Å²) in [4.78, 5) is 50.3. The van der Waals surface area contributed by atoms with Crippen molar-refractivity contribution in [2.24, 2.45) is 0 Å². The average molecular weight is 747 g/mol. The third-order valence-electron chi connectivity index (χ3n) is 9.58. The summed E-state index contributed by atoms with van der Waals surface area (Å²) >= 11 is 0. The molecule has 0 saturated carbocycles. The van der Waals surface area contributed by atoms with Crippen molar-refractivity contribution >= 4 is 29.1 Å². The number of aliphatic hydroxyl groups excluding tert-OH is 1. The molecular formula is C40H45F3N6O5. The van der Waals surface area contributed by atoms with Crippen LogP contribution in [0.3, 0.4) is 0 Å². The molecule has 1 fully saturated rings. The summed E-state index contributed by atoms with van der Waals surface area (Å²) in [6.07, 6.45) is -2.97. The SMILES string of the molecule is CCN(CC)c1ccc(NC(=O)c2cccc(C(=O)N(C)CCN3CCCC3C(O)O)c2)c(-c2cc(C(=O)NCc3cccc(C(F)(F)F)c3)ccn2)c1. The van der Waals surface area contributed by atoms with E-state index in [0.717, 1.165) is 24.2 Å². The van der Waals surface area contributed by atoms with Crippen LogP contribution in [-0.2, 0) is 12.7 Å². The number of rotatable bonds is 14. The van der Waals surface area contributed by atoms with E-state index >= 15 is 0 Å². The third-order valence-corrected chi connectivity index (χ3v) is 9.58. The van der Waals surface area contributed by atoms with Crippen molar-refractivity contribution in [3.8, 4) is 11.3 Å². The lowest BCUT2D eigenvalue weighted by Gasteiger charge is -2.28. The number of carbonyl (C=O) groups excluding carboxylic acids is 3. The quantitative estimate of drug-likeness (QED) is 0.122. The number of anilines is 2. The maximum absolute atomic E-state index is 13.7. The molecule has 3 aromatic carbocycles. The molecule has 1 aromatic heterocycles. The van der Waals surface area contributed by atoms with Gasteiger partial charge in [-0.05, 0) is 99.5 Å². The number of nitrogens with one attached hydrogen (secondary N) is 2. The molecule has 3 amide bonds. The van der Waals surface area contributed by atoms with Gasteiger partial charge < -0.3 is 30.6 Å². The molecule has 4 N–H and O–H groups in total. The van der Waals surface area contributed by atoms with Gasteiger partial charge in [-0.2, -0.15) is 13.2 Å². The van der Waals surface area contributed by atoms with Gasteiger partial charge >= 0.3 is 6.18 Å². The molecule has 0 aliphatic carbocycles. The topological polar surface area (TPSA) is 138 Å². The molecule has 11 nitrogen and oxygen atoms in total. The number of pyridine rings is 1. The van der Waals surface area contributed by atoms with E-state index in [0.29, 0.717) is 67.2 Å². The Morgan fingerprint density at radius 1 is 0.926 bits per heavy atom. The molecule has 1 atom stereocenters. The van der Waals surface area contributed by atoms with Crippen LogP contribution in [0.15, 0.2) is 85.1 Å². The number of halogens is 3. The highest BCUT2D eigenvalue weighted by molar-refractivity contribution is 6.08. The average Bonchev–Trinajstić information content (AvgIpc) is 3.66. The van der Waals surface area contributed by atoms with Crippen molar-refractivity contribution in [2.45, 2.75) is 51.7 Å². The van der Waals surface area contributed by atoms with E-state index in [4.69, 9.17) is 0 Å². The maximum Gasteiger partial charge on any atom is 0.416 e. The number of hydrogen-bond acceptors (Lipinski definition) is 8. The number of likely N-dealkylation sites (N-methyl/N-ethyl adjacent to an activating group) is 1. The van der Waals surface area contributed by atoms with E-state index < -0.39 is 29.8 Å². The lowest BCUT2D eigenvalue weighted by molar-refractivity contribution is -0.137. The number of hydrogen-bond donors (Lipinski definition) is 4. The molecule has 0 bridgehead atoms. The molecule has 1 unspecified atom stereocenters. The normalized spacial score (nSPS) is 14.6. The third kappa shape index (κ3) is 9.81. The molecule has 286 valence electrons. The van der Waals surface area contributed by atoms with E-state index in [9.17, 15) is 37.8 Å². The fourth-order valence-corrected chi connectivity index (χ4v) is 6.56. The first-order valence-electron chi connectivity index (χ1n) is 17.9. The van der Waals surface area contributed by atoms with E-state index in [1.165, 1.54) is 35.4 Å². The fraction of sp³-hybridized carbons (Fsp3) is 0.350. The first-order chi connectivity index (χ1) is 25.8. The predicted octanol–water partition coefficient (Wildman–Crippen LogP) is 5.64. The Balaban J connectivity index is 1.34. The Morgan fingerprint density at radius 3 is 2.37 bits per heavy atom.